The Bertz CT molecular complexity index is 1020. The quantitative estimate of drug-likeness (QED) is 0.631. The molecular formula is C21H21ClF2N4O. The summed E-state index contributed by atoms with van der Waals surface area (Å²) in [5.41, 5.74) is 0.733. The highest BCUT2D eigenvalue weighted by molar-refractivity contribution is 6.32. The molecule has 0 spiro atoms. The standard InChI is InChI=1S/C21H21ClF2N4O/c1-27(2)18(19-15(23)9-6-10-16(19)24)12-25-17-11-26-28(21(29)20(17)22)13-14-7-4-3-5-8-14/h3-11,18,25H,12-13H2,1-2H3. The zero-order valence-corrected chi connectivity index (χ0v) is 16.8. The average Bonchev–Trinajstić information content (AvgIpc) is 2.69. The van der Waals surface area contributed by atoms with Crippen LogP contribution in [-0.4, -0.2) is 35.3 Å². The maximum absolute atomic E-state index is 14.2. The Morgan fingerprint density at radius 3 is 2.38 bits per heavy atom. The minimum Gasteiger partial charge on any atom is -0.380 e. The molecule has 152 valence electrons. The van der Waals surface area contributed by atoms with E-state index >= 15 is 0 Å². The zero-order chi connectivity index (χ0) is 21.0. The van der Waals surface area contributed by atoms with Gasteiger partial charge in [-0.05, 0) is 31.8 Å². The summed E-state index contributed by atoms with van der Waals surface area (Å²) in [6.07, 6.45) is 1.44. The molecule has 0 bridgehead atoms. The second kappa shape index (κ2) is 9.15. The first-order valence-corrected chi connectivity index (χ1v) is 9.40. The number of halogens is 3. The Morgan fingerprint density at radius 1 is 1.10 bits per heavy atom. The fourth-order valence-electron chi connectivity index (χ4n) is 3.04. The van der Waals surface area contributed by atoms with Crippen LogP contribution in [0.25, 0.3) is 0 Å². The van der Waals surface area contributed by atoms with Gasteiger partial charge in [0.2, 0.25) is 0 Å². The average molecular weight is 419 g/mol. The van der Waals surface area contributed by atoms with E-state index in [-0.39, 0.29) is 17.1 Å². The van der Waals surface area contributed by atoms with Gasteiger partial charge in [-0.1, -0.05) is 48.0 Å². The summed E-state index contributed by atoms with van der Waals surface area (Å²) in [6.45, 7) is 0.425. The first-order chi connectivity index (χ1) is 13.9. The van der Waals surface area contributed by atoms with E-state index in [0.717, 1.165) is 5.56 Å². The molecule has 0 fully saturated rings. The van der Waals surface area contributed by atoms with E-state index in [1.807, 2.05) is 30.3 Å². The number of hydrogen-bond acceptors (Lipinski definition) is 4. The van der Waals surface area contributed by atoms with Gasteiger partial charge in [0.15, 0.2) is 0 Å². The fraction of sp³-hybridized carbons (Fsp3) is 0.238. The van der Waals surface area contributed by atoms with Crippen LogP contribution in [-0.2, 0) is 6.54 Å². The van der Waals surface area contributed by atoms with Crippen molar-refractivity contribution in [3.05, 3.63) is 92.9 Å². The molecule has 0 saturated heterocycles. The third-order valence-corrected chi connectivity index (χ3v) is 4.97. The summed E-state index contributed by atoms with van der Waals surface area (Å²) in [7, 11) is 3.44. The molecule has 0 aliphatic heterocycles. The van der Waals surface area contributed by atoms with Crippen molar-refractivity contribution in [1.29, 1.82) is 0 Å². The van der Waals surface area contributed by atoms with Gasteiger partial charge in [0.25, 0.3) is 5.56 Å². The predicted molar refractivity (Wildman–Crippen MR) is 110 cm³/mol. The van der Waals surface area contributed by atoms with E-state index in [1.54, 1.807) is 19.0 Å². The lowest BCUT2D eigenvalue weighted by Crippen LogP contribution is -2.30. The minimum atomic E-state index is -0.631. The highest BCUT2D eigenvalue weighted by atomic mass is 35.5. The van der Waals surface area contributed by atoms with Crippen molar-refractivity contribution >= 4 is 17.3 Å². The highest BCUT2D eigenvalue weighted by Gasteiger charge is 2.22. The van der Waals surface area contributed by atoms with Crippen molar-refractivity contribution in [2.45, 2.75) is 12.6 Å². The van der Waals surface area contributed by atoms with E-state index in [2.05, 4.69) is 10.4 Å². The number of anilines is 1. The molecule has 1 heterocycles. The van der Waals surface area contributed by atoms with Gasteiger partial charge in [-0.2, -0.15) is 5.10 Å². The van der Waals surface area contributed by atoms with Crippen LogP contribution in [0.15, 0.2) is 59.5 Å². The molecule has 0 aliphatic rings. The molecule has 8 heteroatoms. The van der Waals surface area contributed by atoms with Gasteiger partial charge in [-0.3, -0.25) is 4.79 Å². The highest BCUT2D eigenvalue weighted by Crippen LogP contribution is 2.26. The molecule has 1 N–H and O–H groups in total. The van der Waals surface area contributed by atoms with E-state index in [4.69, 9.17) is 11.6 Å². The van der Waals surface area contributed by atoms with Gasteiger partial charge in [0.05, 0.1) is 24.5 Å². The van der Waals surface area contributed by atoms with Crippen LogP contribution in [0.1, 0.15) is 17.2 Å². The molecule has 0 radical (unpaired) electrons. The topological polar surface area (TPSA) is 50.2 Å². The van der Waals surface area contributed by atoms with Gasteiger partial charge in [-0.25, -0.2) is 13.5 Å². The largest absolute Gasteiger partial charge is 0.380 e. The summed E-state index contributed by atoms with van der Waals surface area (Å²) in [4.78, 5) is 14.2. The van der Waals surface area contributed by atoms with Crippen LogP contribution in [0.3, 0.4) is 0 Å². The number of aromatic nitrogens is 2. The Kier molecular flexibility index (Phi) is 6.61. The molecule has 2 aromatic carbocycles. The lowest BCUT2D eigenvalue weighted by atomic mass is 10.0. The molecule has 3 rings (SSSR count). The van der Waals surface area contributed by atoms with Crippen molar-refractivity contribution in [1.82, 2.24) is 14.7 Å². The monoisotopic (exact) mass is 418 g/mol. The van der Waals surface area contributed by atoms with Crippen molar-refractivity contribution in [2.75, 3.05) is 26.0 Å². The summed E-state index contributed by atoms with van der Waals surface area (Å²) < 4.78 is 29.7. The van der Waals surface area contributed by atoms with Crippen molar-refractivity contribution < 1.29 is 8.78 Å². The number of nitrogens with zero attached hydrogens (tertiary/aromatic N) is 3. The van der Waals surface area contributed by atoms with E-state index in [1.165, 1.54) is 29.1 Å². The number of likely N-dealkylation sites (N-methyl/N-ethyl adjacent to an activating group) is 1. The Labute approximate surface area is 172 Å². The van der Waals surface area contributed by atoms with Gasteiger partial charge in [-0.15, -0.1) is 0 Å². The molecule has 1 atom stereocenters. The van der Waals surface area contributed by atoms with Crippen LogP contribution in [0.4, 0.5) is 14.5 Å². The van der Waals surface area contributed by atoms with Gasteiger partial charge < -0.3 is 10.2 Å². The Balaban J connectivity index is 1.81. The van der Waals surface area contributed by atoms with Gasteiger partial charge >= 0.3 is 0 Å². The fourth-order valence-corrected chi connectivity index (χ4v) is 3.25. The van der Waals surface area contributed by atoms with Crippen LogP contribution in [0.5, 0.6) is 0 Å². The zero-order valence-electron chi connectivity index (χ0n) is 16.1. The summed E-state index contributed by atoms with van der Waals surface area (Å²) in [6, 6.07) is 12.6. The van der Waals surface area contributed by atoms with Crippen LogP contribution in [0.2, 0.25) is 5.02 Å². The van der Waals surface area contributed by atoms with Crippen molar-refractivity contribution in [3.8, 4) is 0 Å². The lowest BCUT2D eigenvalue weighted by molar-refractivity contribution is 0.295. The van der Waals surface area contributed by atoms with E-state index in [0.29, 0.717) is 12.2 Å². The first-order valence-electron chi connectivity index (χ1n) is 9.02. The van der Waals surface area contributed by atoms with Crippen molar-refractivity contribution in [3.63, 3.8) is 0 Å². The molecule has 0 saturated carbocycles. The molecule has 0 amide bonds. The maximum atomic E-state index is 14.2. The smallest absolute Gasteiger partial charge is 0.287 e. The molecule has 5 nitrogen and oxygen atoms in total. The number of rotatable bonds is 7. The summed E-state index contributed by atoms with van der Waals surface area (Å²) in [5, 5.41) is 7.13. The molecule has 3 aromatic rings. The second-order valence-corrected chi connectivity index (χ2v) is 7.19. The molecule has 1 aromatic heterocycles. The molecule has 0 aliphatic carbocycles. The molecule has 1 unspecified atom stereocenters. The first kappa shape index (κ1) is 21.0. The van der Waals surface area contributed by atoms with E-state index in [9.17, 15) is 13.6 Å². The van der Waals surface area contributed by atoms with Gasteiger partial charge in [0.1, 0.15) is 16.7 Å². The minimum absolute atomic E-state index is 0.0255. The Morgan fingerprint density at radius 2 is 1.76 bits per heavy atom. The molecular weight excluding hydrogens is 398 g/mol. The van der Waals surface area contributed by atoms with Crippen LogP contribution in [0, 0.1) is 11.6 Å². The predicted octanol–water partition coefficient (Wildman–Crippen LogP) is 3.94. The van der Waals surface area contributed by atoms with Crippen molar-refractivity contribution in [2.24, 2.45) is 0 Å². The Hall–Kier alpha value is -2.77. The third kappa shape index (κ3) is 4.81. The van der Waals surface area contributed by atoms with E-state index < -0.39 is 23.2 Å². The summed E-state index contributed by atoms with van der Waals surface area (Å²) >= 11 is 6.24. The van der Waals surface area contributed by atoms with Crippen LogP contribution < -0.4 is 10.9 Å². The summed E-state index contributed by atoms with van der Waals surface area (Å²) in [5.74, 6) is -1.26. The molecule has 29 heavy (non-hydrogen) atoms. The normalized spacial score (nSPS) is 12.2. The second-order valence-electron chi connectivity index (χ2n) is 6.82. The number of hydrogen-bond donors (Lipinski definition) is 1. The number of nitrogens with one attached hydrogen (secondary N) is 1. The maximum Gasteiger partial charge on any atom is 0.287 e. The van der Waals surface area contributed by atoms with Crippen LogP contribution >= 0.6 is 11.6 Å². The SMILES string of the molecule is CN(C)C(CNc1cnn(Cc2ccccc2)c(=O)c1Cl)c1c(F)cccc1F. The van der Waals surface area contributed by atoms with Gasteiger partial charge in [0, 0.05) is 12.1 Å². The number of benzene rings is 2. The third-order valence-electron chi connectivity index (χ3n) is 4.60. The lowest BCUT2D eigenvalue weighted by Gasteiger charge is -2.26.